The van der Waals surface area contributed by atoms with Crippen LogP contribution in [-0.2, 0) is 9.53 Å². The monoisotopic (exact) mass is 319 g/mol. The first-order valence-electron chi connectivity index (χ1n) is 6.32. The number of allylic oxidation sites excluding steroid dienone is 3. The van der Waals surface area contributed by atoms with Gasteiger partial charge >= 0.3 is 0 Å². The number of H-pyrrole nitrogens is 1. The standard InChI is InChI=1S/C13H13N5O5/c1-7-3-10(16-15-7)13(20)17(14)6-8-4-9(18(21)22)5-11(23-2)12(8)19/h3-6H,14H2,1-2H3,(H,15,16). The topological polar surface area (TPSA) is 144 Å². The fourth-order valence-electron chi connectivity index (χ4n) is 1.83. The molecule has 10 heteroatoms. The SMILES string of the molecule is COC1=CC([N+](=O)[O-])=CC(=CN(N)C(=O)c2cc(C)[nH]n2)C1=O. The van der Waals surface area contributed by atoms with Gasteiger partial charge in [-0.3, -0.25) is 24.8 Å². The summed E-state index contributed by atoms with van der Waals surface area (Å²) in [4.78, 5) is 34.3. The van der Waals surface area contributed by atoms with Crippen LogP contribution >= 0.6 is 0 Å². The highest BCUT2D eigenvalue weighted by Gasteiger charge is 2.27. The number of hydrogen-bond acceptors (Lipinski definition) is 7. The fraction of sp³-hybridized carbons (Fsp3) is 0.154. The van der Waals surface area contributed by atoms with Crippen molar-refractivity contribution < 1.29 is 19.2 Å². The van der Waals surface area contributed by atoms with Crippen LogP contribution in [0.15, 0.2) is 41.4 Å². The second kappa shape index (κ2) is 6.23. The van der Waals surface area contributed by atoms with Crippen molar-refractivity contribution >= 4 is 11.7 Å². The number of ketones is 1. The Morgan fingerprint density at radius 3 is 2.74 bits per heavy atom. The average molecular weight is 319 g/mol. The number of nitrogens with zero attached hydrogens (tertiary/aromatic N) is 3. The number of carbonyl (C=O) groups excluding carboxylic acids is 2. The smallest absolute Gasteiger partial charge is 0.292 e. The zero-order valence-electron chi connectivity index (χ0n) is 12.3. The average Bonchev–Trinajstić information content (AvgIpc) is 2.94. The summed E-state index contributed by atoms with van der Waals surface area (Å²) in [5.74, 6) is 4.07. The number of aromatic nitrogens is 2. The minimum atomic E-state index is -0.681. The third-order valence-corrected chi connectivity index (χ3v) is 2.94. The molecule has 10 nitrogen and oxygen atoms in total. The highest BCUT2D eigenvalue weighted by Crippen LogP contribution is 2.20. The molecular weight excluding hydrogens is 306 g/mol. The van der Waals surface area contributed by atoms with E-state index >= 15 is 0 Å². The molecule has 0 radical (unpaired) electrons. The molecule has 2 rings (SSSR count). The number of hydrazine groups is 1. The van der Waals surface area contributed by atoms with Crippen molar-refractivity contribution in [1.82, 2.24) is 15.2 Å². The molecule has 0 unspecified atom stereocenters. The number of aromatic amines is 1. The predicted octanol–water partition coefficient (Wildman–Crippen LogP) is 0.192. The quantitative estimate of drug-likeness (QED) is 0.265. The van der Waals surface area contributed by atoms with Crippen LogP contribution in [0.25, 0.3) is 0 Å². The summed E-state index contributed by atoms with van der Waals surface area (Å²) in [6.45, 7) is 1.70. The number of methoxy groups -OCH3 is 1. The van der Waals surface area contributed by atoms with E-state index in [1.165, 1.54) is 13.2 Å². The van der Waals surface area contributed by atoms with Crippen LogP contribution in [0.5, 0.6) is 0 Å². The number of carbonyl (C=O) groups is 2. The second-order valence-electron chi connectivity index (χ2n) is 4.60. The number of aryl methyl sites for hydroxylation is 1. The lowest BCUT2D eigenvalue weighted by Crippen LogP contribution is -2.33. The number of hydrogen-bond donors (Lipinski definition) is 2. The van der Waals surface area contributed by atoms with Gasteiger partial charge in [0, 0.05) is 18.0 Å². The Bertz CT molecular complexity index is 773. The van der Waals surface area contributed by atoms with Crippen molar-refractivity contribution in [2.75, 3.05) is 7.11 Å². The maximum absolute atomic E-state index is 12.1. The van der Waals surface area contributed by atoms with Gasteiger partial charge in [0.1, 0.15) is 0 Å². The minimum absolute atomic E-state index is 0.0473. The molecule has 0 aromatic carbocycles. The van der Waals surface area contributed by atoms with Gasteiger partial charge in [0.2, 0.25) is 5.78 Å². The Labute approximate surface area is 130 Å². The summed E-state index contributed by atoms with van der Waals surface area (Å²) in [7, 11) is 1.21. The van der Waals surface area contributed by atoms with Crippen LogP contribution in [0.4, 0.5) is 0 Å². The van der Waals surface area contributed by atoms with Gasteiger partial charge in [-0.1, -0.05) is 0 Å². The Morgan fingerprint density at radius 1 is 1.52 bits per heavy atom. The van der Waals surface area contributed by atoms with Crippen molar-refractivity contribution in [1.29, 1.82) is 0 Å². The van der Waals surface area contributed by atoms with Crippen molar-refractivity contribution in [3.8, 4) is 0 Å². The molecule has 1 aliphatic rings. The summed E-state index contributed by atoms with van der Waals surface area (Å²) in [6.07, 6.45) is 3.00. The van der Waals surface area contributed by atoms with Crippen LogP contribution in [0.3, 0.4) is 0 Å². The van der Waals surface area contributed by atoms with Gasteiger partial charge in [-0.05, 0) is 13.0 Å². The molecule has 1 aromatic heterocycles. The summed E-state index contributed by atoms with van der Waals surface area (Å²) in [6, 6.07) is 1.47. The van der Waals surface area contributed by atoms with Crippen LogP contribution in [0, 0.1) is 17.0 Å². The van der Waals surface area contributed by atoms with E-state index in [9.17, 15) is 19.7 Å². The lowest BCUT2D eigenvalue weighted by molar-refractivity contribution is -0.419. The highest BCUT2D eigenvalue weighted by molar-refractivity contribution is 6.10. The van der Waals surface area contributed by atoms with Gasteiger partial charge in [0.05, 0.1) is 23.7 Å². The lowest BCUT2D eigenvalue weighted by atomic mass is 10.0. The first-order valence-corrected chi connectivity index (χ1v) is 6.32. The van der Waals surface area contributed by atoms with Gasteiger partial charge in [0.15, 0.2) is 11.5 Å². The largest absolute Gasteiger partial charge is 0.492 e. The Hall–Kier alpha value is -3.27. The zero-order chi connectivity index (χ0) is 17.1. The first kappa shape index (κ1) is 16.1. The van der Waals surface area contributed by atoms with Crippen LogP contribution < -0.4 is 5.84 Å². The summed E-state index contributed by atoms with van der Waals surface area (Å²) in [5.41, 5.74) is 0.192. The number of Topliss-reactive ketones (excluding diaryl/α,β-unsaturated/α-hetero) is 1. The molecule has 0 saturated carbocycles. The van der Waals surface area contributed by atoms with Crippen LogP contribution in [0.1, 0.15) is 16.2 Å². The normalized spacial score (nSPS) is 16.0. The van der Waals surface area contributed by atoms with E-state index in [4.69, 9.17) is 10.6 Å². The Morgan fingerprint density at radius 2 is 2.22 bits per heavy atom. The molecule has 0 atom stereocenters. The summed E-state index contributed by atoms with van der Waals surface area (Å²) < 4.78 is 4.81. The Balaban J connectivity index is 2.33. The van der Waals surface area contributed by atoms with Gasteiger partial charge in [-0.2, -0.15) is 5.10 Å². The number of nitro groups is 1. The minimum Gasteiger partial charge on any atom is -0.492 e. The molecule has 0 fully saturated rings. The molecule has 1 aromatic rings. The second-order valence-corrected chi connectivity index (χ2v) is 4.60. The van der Waals surface area contributed by atoms with E-state index in [0.717, 1.165) is 18.4 Å². The molecule has 1 heterocycles. The molecule has 3 N–H and O–H groups in total. The Kier molecular flexibility index (Phi) is 4.37. The maximum atomic E-state index is 12.1. The molecule has 0 aliphatic heterocycles. The van der Waals surface area contributed by atoms with Gasteiger partial charge in [0.25, 0.3) is 11.6 Å². The predicted molar refractivity (Wildman–Crippen MR) is 76.9 cm³/mol. The van der Waals surface area contributed by atoms with Crippen LogP contribution in [0.2, 0.25) is 0 Å². The van der Waals surface area contributed by atoms with E-state index in [1.54, 1.807) is 6.92 Å². The fourth-order valence-corrected chi connectivity index (χ4v) is 1.83. The maximum Gasteiger partial charge on any atom is 0.292 e. The third kappa shape index (κ3) is 3.32. The van der Waals surface area contributed by atoms with E-state index in [1.807, 2.05) is 0 Å². The number of nitrogens with two attached hydrogens (primary N) is 1. The zero-order valence-corrected chi connectivity index (χ0v) is 12.3. The molecule has 0 spiro atoms. The van der Waals surface area contributed by atoms with Crippen molar-refractivity contribution in [3.63, 3.8) is 0 Å². The van der Waals surface area contributed by atoms with Gasteiger partial charge in [-0.15, -0.1) is 0 Å². The number of amides is 1. The first-order chi connectivity index (χ1) is 10.8. The van der Waals surface area contributed by atoms with E-state index in [2.05, 4.69) is 10.2 Å². The summed E-state index contributed by atoms with van der Waals surface area (Å²) >= 11 is 0. The molecule has 1 aliphatic carbocycles. The van der Waals surface area contributed by atoms with E-state index < -0.39 is 16.6 Å². The van der Waals surface area contributed by atoms with Gasteiger partial charge in [-0.25, -0.2) is 10.9 Å². The number of rotatable bonds is 4. The van der Waals surface area contributed by atoms with E-state index in [0.29, 0.717) is 10.7 Å². The van der Waals surface area contributed by atoms with Crippen molar-refractivity contribution in [2.24, 2.45) is 5.84 Å². The molecule has 120 valence electrons. The molecule has 23 heavy (non-hydrogen) atoms. The summed E-state index contributed by atoms with van der Waals surface area (Å²) in [5, 5.41) is 17.9. The number of nitrogens with one attached hydrogen (secondary N) is 1. The molecule has 0 bridgehead atoms. The van der Waals surface area contributed by atoms with Crippen LogP contribution in [-0.4, -0.2) is 38.9 Å². The number of ether oxygens (including phenoxy) is 1. The van der Waals surface area contributed by atoms with E-state index in [-0.39, 0.29) is 22.7 Å². The lowest BCUT2D eigenvalue weighted by Gasteiger charge is -2.14. The van der Waals surface area contributed by atoms with Crippen molar-refractivity contribution in [2.45, 2.75) is 6.92 Å². The molecular formula is C13H13N5O5. The third-order valence-electron chi connectivity index (χ3n) is 2.94. The molecule has 0 saturated heterocycles. The molecule has 1 amide bonds. The van der Waals surface area contributed by atoms with Gasteiger partial charge < -0.3 is 4.74 Å². The highest BCUT2D eigenvalue weighted by atomic mass is 16.6. The van der Waals surface area contributed by atoms with Crippen molar-refractivity contribution in [3.05, 3.63) is 62.9 Å².